The van der Waals surface area contributed by atoms with Gasteiger partial charge in [0.2, 0.25) is 6.29 Å². The van der Waals surface area contributed by atoms with Crippen LogP contribution in [0, 0.1) is 18.3 Å². The van der Waals surface area contributed by atoms with Gasteiger partial charge in [-0.2, -0.15) is 10.4 Å². The number of carbonyl (C=O) groups is 1. The predicted octanol–water partition coefficient (Wildman–Crippen LogP) is 6.87. The molecule has 7 nitrogen and oxygen atoms in total. The van der Waals surface area contributed by atoms with Crippen molar-refractivity contribution in [3.8, 4) is 6.07 Å². The average Bonchev–Trinajstić information content (AvgIpc) is 3.06. The maximum absolute atomic E-state index is 12.1. The topological polar surface area (TPSA) is 86.4 Å². The van der Waals surface area contributed by atoms with E-state index in [0.29, 0.717) is 34.9 Å². The lowest BCUT2D eigenvalue weighted by atomic mass is 9.86. The molecule has 0 saturated carbocycles. The number of benzene rings is 1. The second kappa shape index (κ2) is 11.4. The minimum atomic E-state index is -1.04. The van der Waals surface area contributed by atoms with E-state index < -0.39 is 12.4 Å². The Morgan fingerprint density at radius 3 is 2.26 bits per heavy atom. The molecule has 8 heteroatoms. The molecule has 0 fully saturated rings. The zero-order chi connectivity index (χ0) is 25.6. The molecule has 2 aromatic rings. The van der Waals surface area contributed by atoms with Gasteiger partial charge in [0, 0.05) is 13.5 Å². The van der Waals surface area contributed by atoms with Crippen molar-refractivity contribution in [1.82, 2.24) is 9.78 Å². The Hall–Kier alpha value is -2.98. The molecule has 2 rings (SSSR count). The molecule has 0 bridgehead atoms. The molecule has 0 aliphatic heterocycles. The summed E-state index contributed by atoms with van der Waals surface area (Å²) in [5.41, 5.74) is 3.05. The number of nitrogens with zero attached hydrogens (tertiary/aromatic N) is 3. The number of aryl methyl sites for hydroxylation is 2. The van der Waals surface area contributed by atoms with Crippen molar-refractivity contribution in [2.24, 2.45) is 0 Å². The van der Waals surface area contributed by atoms with Gasteiger partial charge < -0.3 is 14.2 Å². The van der Waals surface area contributed by atoms with Gasteiger partial charge >= 0.3 is 6.16 Å². The number of rotatable bonds is 8. The van der Waals surface area contributed by atoms with Crippen LogP contribution in [-0.4, -0.2) is 28.3 Å². The van der Waals surface area contributed by atoms with E-state index in [1.165, 1.54) is 0 Å². The molecule has 1 heterocycles. The maximum Gasteiger partial charge on any atom is 0.511 e. The summed E-state index contributed by atoms with van der Waals surface area (Å²) in [5, 5.41) is 15.0. The molecule has 0 spiro atoms. The Morgan fingerprint density at radius 1 is 1.15 bits per heavy atom. The Balaban J connectivity index is 2.57. The highest BCUT2D eigenvalue weighted by Gasteiger charge is 2.26. The van der Waals surface area contributed by atoms with Gasteiger partial charge in [0.25, 0.3) is 0 Å². The fourth-order valence-corrected chi connectivity index (χ4v) is 3.44. The van der Waals surface area contributed by atoms with Crippen molar-refractivity contribution in [2.75, 3.05) is 0 Å². The Bertz CT molecular complexity index is 1080. The summed E-state index contributed by atoms with van der Waals surface area (Å²) in [6, 6.07) is 9.96. The zero-order valence-electron chi connectivity index (χ0n) is 21.2. The summed E-state index contributed by atoms with van der Waals surface area (Å²) in [4.78, 5) is 12.1. The number of nitriles is 1. The predicted molar refractivity (Wildman–Crippen MR) is 133 cm³/mol. The molecule has 0 radical (unpaired) electrons. The molecule has 0 saturated heterocycles. The summed E-state index contributed by atoms with van der Waals surface area (Å²) in [6.07, 6.45) is -1.52. The molecular weight excluding hydrogens is 454 g/mol. The van der Waals surface area contributed by atoms with E-state index in [1.54, 1.807) is 25.5 Å². The lowest BCUT2D eigenvalue weighted by Crippen LogP contribution is -2.22. The Kier molecular flexibility index (Phi) is 9.17. The van der Waals surface area contributed by atoms with E-state index in [9.17, 15) is 10.1 Å². The fraction of sp³-hybridized carbons (Fsp3) is 0.500. The summed E-state index contributed by atoms with van der Waals surface area (Å²) < 4.78 is 18.2. The van der Waals surface area contributed by atoms with E-state index in [-0.39, 0.29) is 22.9 Å². The van der Waals surface area contributed by atoms with Gasteiger partial charge in [-0.1, -0.05) is 63.6 Å². The van der Waals surface area contributed by atoms with Gasteiger partial charge in [0.05, 0.1) is 10.7 Å². The summed E-state index contributed by atoms with van der Waals surface area (Å²) >= 11 is 6.60. The van der Waals surface area contributed by atoms with Crippen LogP contribution in [0.3, 0.4) is 0 Å². The lowest BCUT2D eigenvalue weighted by Gasteiger charge is -2.21. The lowest BCUT2D eigenvalue weighted by molar-refractivity contribution is -0.0753. The minimum absolute atomic E-state index is 0.0338. The van der Waals surface area contributed by atoms with Gasteiger partial charge in [0.15, 0.2) is 5.76 Å². The zero-order valence-corrected chi connectivity index (χ0v) is 22.0. The van der Waals surface area contributed by atoms with Crippen LogP contribution in [0.4, 0.5) is 4.79 Å². The molecule has 0 aliphatic carbocycles. The molecule has 2 atom stereocenters. The van der Waals surface area contributed by atoms with Crippen molar-refractivity contribution in [2.45, 2.75) is 86.2 Å². The van der Waals surface area contributed by atoms with Crippen molar-refractivity contribution < 1.29 is 19.0 Å². The van der Waals surface area contributed by atoms with E-state index in [4.69, 9.17) is 25.8 Å². The average molecular weight is 488 g/mol. The van der Waals surface area contributed by atoms with Crippen LogP contribution in [0.5, 0.6) is 0 Å². The van der Waals surface area contributed by atoms with E-state index >= 15 is 0 Å². The van der Waals surface area contributed by atoms with Gasteiger partial charge in [-0.05, 0) is 43.7 Å². The van der Waals surface area contributed by atoms with Gasteiger partial charge in [-0.3, -0.25) is 4.68 Å². The van der Waals surface area contributed by atoms with Crippen molar-refractivity contribution in [1.29, 1.82) is 5.26 Å². The van der Waals surface area contributed by atoms with E-state index in [0.717, 1.165) is 5.56 Å². The van der Waals surface area contributed by atoms with Crippen LogP contribution in [0.2, 0.25) is 5.02 Å². The van der Waals surface area contributed by atoms with Crippen LogP contribution in [-0.2, 0) is 26.2 Å². The highest BCUT2D eigenvalue weighted by Crippen LogP contribution is 2.35. The summed E-state index contributed by atoms with van der Waals surface area (Å²) in [6.45, 7) is 15.8. The molecule has 1 aromatic heterocycles. The smallest absolute Gasteiger partial charge is 0.451 e. The molecule has 0 amide bonds. The highest BCUT2D eigenvalue weighted by molar-refractivity contribution is 6.33. The summed E-state index contributed by atoms with van der Waals surface area (Å²) in [5.74, 6) is 0.183. The second-order valence-corrected chi connectivity index (χ2v) is 9.48. The number of hydrogen-bond acceptors (Lipinski definition) is 6. The Labute approximate surface area is 207 Å². The van der Waals surface area contributed by atoms with Crippen molar-refractivity contribution >= 4 is 29.1 Å². The van der Waals surface area contributed by atoms with Gasteiger partial charge in [-0.15, -0.1) is 0 Å². The molecule has 0 aliphatic rings. The third kappa shape index (κ3) is 6.54. The van der Waals surface area contributed by atoms with Gasteiger partial charge in [-0.25, -0.2) is 4.79 Å². The summed E-state index contributed by atoms with van der Waals surface area (Å²) in [7, 11) is 0. The monoisotopic (exact) mass is 487 g/mol. The first-order chi connectivity index (χ1) is 15.9. The number of allylic oxidation sites excluding steroid dienone is 1. The molecule has 2 unspecified atom stereocenters. The second-order valence-electron chi connectivity index (χ2n) is 9.10. The van der Waals surface area contributed by atoms with E-state index in [1.807, 2.05) is 38.1 Å². The normalized spacial score (nSPS) is 14.0. The van der Waals surface area contributed by atoms with Crippen LogP contribution >= 0.6 is 11.6 Å². The molecule has 34 heavy (non-hydrogen) atoms. The number of hydrogen-bond donors (Lipinski definition) is 0. The SMILES string of the molecule is CCC(C)OC(=O)OC(C)O/C(=C(/C#N)c1ccc(C(C)(C)C)cc1)c1c(Cl)c(C)nn1CC. The molecule has 184 valence electrons. The molecule has 1 aromatic carbocycles. The fourth-order valence-electron chi connectivity index (χ4n) is 3.22. The number of carbonyl (C=O) groups excluding carboxylic acids is 1. The number of aromatic nitrogens is 2. The third-order valence-corrected chi connectivity index (χ3v) is 5.82. The van der Waals surface area contributed by atoms with Crippen molar-refractivity contribution in [3.05, 3.63) is 51.8 Å². The third-order valence-electron chi connectivity index (χ3n) is 5.37. The number of halogens is 1. The first-order valence-corrected chi connectivity index (χ1v) is 11.8. The first-order valence-electron chi connectivity index (χ1n) is 11.4. The standard InChI is InChI=1S/C26H34ClN3O4/c1-9-16(3)32-25(31)34-18(5)33-24(23-22(27)17(4)29-30(23)10-2)21(15-28)19-11-13-20(14-12-19)26(6,7)8/h11-14,16,18H,9-10H2,1-8H3/b24-21-. The largest absolute Gasteiger partial charge is 0.511 e. The van der Waals surface area contributed by atoms with Crippen LogP contribution in [0.15, 0.2) is 24.3 Å². The maximum atomic E-state index is 12.1. The molecule has 0 N–H and O–H groups in total. The number of ether oxygens (including phenoxy) is 3. The Morgan fingerprint density at radius 2 is 1.76 bits per heavy atom. The minimum Gasteiger partial charge on any atom is -0.451 e. The van der Waals surface area contributed by atoms with Crippen LogP contribution in [0.25, 0.3) is 11.3 Å². The van der Waals surface area contributed by atoms with Crippen molar-refractivity contribution in [3.63, 3.8) is 0 Å². The highest BCUT2D eigenvalue weighted by atomic mass is 35.5. The molecular formula is C26H34ClN3O4. The van der Waals surface area contributed by atoms with Crippen LogP contribution in [0.1, 0.15) is 77.4 Å². The quantitative estimate of drug-likeness (QED) is 0.175. The first kappa shape index (κ1) is 27.3. The van der Waals surface area contributed by atoms with Crippen LogP contribution < -0.4 is 0 Å². The van der Waals surface area contributed by atoms with E-state index in [2.05, 4.69) is 31.9 Å². The van der Waals surface area contributed by atoms with Gasteiger partial charge in [0.1, 0.15) is 23.4 Å².